The highest BCUT2D eigenvalue weighted by molar-refractivity contribution is 6.36. The van der Waals surface area contributed by atoms with Crippen molar-refractivity contribution < 1.29 is 9.53 Å². The minimum atomic E-state index is -0.301. The number of hydrogen-bond acceptors (Lipinski definition) is 3. The first-order chi connectivity index (χ1) is 8.47. The minimum Gasteiger partial charge on any atom is -0.380 e. The average Bonchev–Trinajstić information content (AvgIpc) is 2.33. The van der Waals surface area contributed by atoms with E-state index in [1.165, 1.54) is 7.11 Å². The van der Waals surface area contributed by atoms with Gasteiger partial charge in [-0.05, 0) is 24.6 Å². The van der Waals surface area contributed by atoms with Crippen molar-refractivity contribution in [3.63, 3.8) is 0 Å². The number of amides is 1. The van der Waals surface area contributed by atoms with Crippen LogP contribution in [0.25, 0.3) is 0 Å². The first kappa shape index (κ1) is 15.2. The summed E-state index contributed by atoms with van der Waals surface area (Å²) in [6.45, 7) is 2.13. The second-order valence-electron chi connectivity index (χ2n) is 3.93. The highest BCUT2D eigenvalue weighted by atomic mass is 35.5. The summed E-state index contributed by atoms with van der Waals surface area (Å²) < 4.78 is 5.04. The highest BCUT2D eigenvalue weighted by Crippen LogP contribution is 2.28. The Balaban J connectivity index is 2.73. The smallest absolute Gasteiger partial charge is 0.227 e. The predicted molar refractivity (Wildman–Crippen MR) is 74.3 cm³/mol. The lowest BCUT2D eigenvalue weighted by Gasteiger charge is -2.13. The van der Waals surface area contributed by atoms with Gasteiger partial charge in [-0.2, -0.15) is 0 Å². The van der Waals surface area contributed by atoms with Crippen LogP contribution >= 0.6 is 23.2 Å². The molecule has 3 N–H and O–H groups in total. The van der Waals surface area contributed by atoms with Crippen LogP contribution in [-0.2, 0) is 9.53 Å². The van der Waals surface area contributed by atoms with Crippen molar-refractivity contribution in [2.75, 3.05) is 19.0 Å². The Morgan fingerprint density at radius 1 is 1.44 bits per heavy atom. The summed E-state index contributed by atoms with van der Waals surface area (Å²) in [7, 11) is 1.51. The molecule has 0 heterocycles. The van der Waals surface area contributed by atoms with E-state index in [0.29, 0.717) is 15.7 Å². The third-order valence-corrected chi connectivity index (χ3v) is 3.25. The molecule has 1 rings (SSSR count). The molecule has 1 aromatic carbocycles. The van der Waals surface area contributed by atoms with E-state index in [-0.39, 0.29) is 25.0 Å². The van der Waals surface area contributed by atoms with Crippen molar-refractivity contribution in [1.82, 2.24) is 0 Å². The molecule has 4 nitrogen and oxygen atoms in total. The summed E-state index contributed by atoms with van der Waals surface area (Å²) in [5.74, 6) is -0.214. The number of carbonyl (C=O) groups is 1. The Bertz CT molecular complexity index is 434. The van der Waals surface area contributed by atoms with E-state index in [1.54, 1.807) is 12.1 Å². The normalized spacial score (nSPS) is 12.3. The van der Waals surface area contributed by atoms with Gasteiger partial charge >= 0.3 is 0 Å². The number of benzene rings is 1. The molecule has 0 aromatic heterocycles. The quantitative estimate of drug-likeness (QED) is 0.876. The molecule has 1 amide bonds. The summed E-state index contributed by atoms with van der Waals surface area (Å²) in [5.41, 5.74) is 6.79. The molecule has 1 atom stereocenters. The Morgan fingerprint density at radius 3 is 2.67 bits per heavy atom. The molecule has 0 fully saturated rings. The average molecular weight is 291 g/mol. The first-order valence-electron chi connectivity index (χ1n) is 5.46. The molecule has 0 saturated carbocycles. The van der Waals surface area contributed by atoms with Crippen LogP contribution in [0.4, 0.5) is 5.69 Å². The molecule has 0 spiro atoms. The summed E-state index contributed by atoms with van der Waals surface area (Å²) in [4.78, 5) is 11.7. The lowest BCUT2D eigenvalue weighted by Crippen LogP contribution is -2.28. The molecule has 1 unspecified atom stereocenters. The molecule has 1 aromatic rings. The Hall–Kier alpha value is -0.810. The van der Waals surface area contributed by atoms with Gasteiger partial charge in [0, 0.05) is 18.7 Å². The second-order valence-corrected chi connectivity index (χ2v) is 4.74. The van der Waals surface area contributed by atoms with Gasteiger partial charge < -0.3 is 15.8 Å². The standard InChI is InChI=1S/C12H16Cl2N2O2/c1-7-3-10(14)11(5-9(7)13)16-12(17)4-8(6-15)18-2/h3,5,8H,4,6,15H2,1-2H3,(H,16,17). The van der Waals surface area contributed by atoms with Crippen molar-refractivity contribution in [3.05, 3.63) is 27.7 Å². The fraction of sp³-hybridized carbons (Fsp3) is 0.417. The third kappa shape index (κ3) is 4.14. The highest BCUT2D eigenvalue weighted by Gasteiger charge is 2.13. The van der Waals surface area contributed by atoms with Crippen molar-refractivity contribution in [1.29, 1.82) is 0 Å². The zero-order valence-corrected chi connectivity index (χ0v) is 11.8. The summed E-state index contributed by atoms with van der Waals surface area (Å²) in [6.07, 6.45) is -0.126. The molecule has 100 valence electrons. The summed E-state index contributed by atoms with van der Waals surface area (Å²) in [6, 6.07) is 3.33. The summed E-state index contributed by atoms with van der Waals surface area (Å²) >= 11 is 12.0. The summed E-state index contributed by atoms with van der Waals surface area (Å²) in [5, 5.41) is 3.69. The molecule has 0 radical (unpaired) electrons. The van der Waals surface area contributed by atoms with Crippen LogP contribution in [0.15, 0.2) is 12.1 Å². The topological polar surface area (TPSA) is 64.3 Å². The van der Waals surface area contributed by atoms with E-state index in [2.05, 4.69) is 5.32 Å². The van der Waals surface area contributed by atoms with E-state index >= 15 is 0 Å². The maximum absolute atomic E-state index is 11.7. The van der Waals surface area contributed by atoms with Crippen molar-refractivity contribution in [3.8, 4) is 0 Å². The van der Waals surface area contributed by atoms with Crippen LogP contribution in [-0.4, -0.2) is 25.7 Å². The molecule has 0 aliphatic heterocycles. The number of nitrogens with two attached hydrogens (primary N) is 1. The van der Waals surface area contributed by atoms with E-state index in [4.69, 9.17) is 33.7 Å². The van der Waals surface area contributed by atoms with E-state index in [0.717, 1.165) is 5.56 Å². The molecular formula is C12H16Cl2N2O2. The van der Waals surface area contributed by atoms with Gasteiger partial charge in [0.05, 0.1) is 23.2 Å². The Labute approximate surface area is 116 Å². The van der Waals surface area contributed by atoms with Crippen LogP contribution in [0.2, 0.25) is 10.0 Å². The van der Waals surface area contributed by atoms with Gasteiger partial charge in [-0.1, -0.05) is 23.2 Å². The lowest BCUT2D eigenvalue weighted by molar-refractivity contribution is -0.118. The van der Waals surface area contributed by atoms with Gasteiger partial charge in [-0.25, -0.2) is 0 Å². The van der Waals surface area contributed by atoms with Crippen molar-refractivity contribution in [2.45, 2.75) is 19.4 Å². The van der Waals surface area contributed by atoms with Gasteiger partial charge in [0.2, 0.25) is 5.91 Å². The molecule has 0 aliphatic carbocycles. The number of nitrogens with one attached hydrogen (secondary N) is 1. The van der Waals surface area contributed by atoms with Gasteiger partial charge in [-0.15, -0.1) is 0 Å². The van der Waals surface area contributed by atoms with Crippen LogP contribution in [0, 0.1) is 6.92 Å². The zero-order valence-electron chi connectivity index (χ0n) is 10.3. The number of halogens is 2. The van der Waals surface area contributed by atoms with E-state index < -0.39 is 0 Å². The molecule has 18 heavy (non-hydrogen) atoms. The van der Waals surface area contributed by atoms with Gasteiger partial charge in [-0.3, -0.25) is 4.79 Å². The molecule has 0 saturated heterocycles. The lowest BCUT2D eigenvalue weighted by atomic mass is 10.2. The SMILES string of the molecule is COC(CN)CC(=O)Nc1cc(Cl)c(C)cc1Cl. The van der Waals surface area contributed by atoms with Crippen LogP contribution in [0.1, 0.15) is 12.0 Å². The van der Waals surface area contributed by atoms with Crippen molar-refractivity contribution in [2.24, 2.45) is 5.73 Å². The Kier molecular flexibility index (Phi) is 5.88. The second kappa shape index (κ2) is 6.95. The van der Waals surface area contributed by atoms with Crippen LogP contribution in [0.3, 0.4) is 0 Å². The maximum Gasteiger partial charge on any atom is 0.227 e. The van der Waals surface area contributed by atoms with E-state index in [9.17, 15) is 4.79 Å². The number of rotatable bonds is 5. The fourth-order valence-corrected chi connectivity index (χ4v) is 1.84. The Morgan fingerprint density at radius 2 is 2.11 bits per heavy atom. The predicted octanol–water partition coefficient (Wildman–Crippen LogP) is 2.60. The monoisotopic (exact) mass is 290 g/mol. The molecule has 0 bridgehead atoms. The number of carbonyl (C=O) groups excluding carboxylic acids is 1. The molecular weight excluding hydrogens is 275 g/mol. The van der Waals surface area contributed by atoms with Crippen LogP contribution < -0.4 is 11.1 Å². The zero-order chi connectivity index (χ0) is 13.7. The number of hydrogen-bond donors (Lipinski definition) is 2. The first-order valence-corrected chi connectivity index (χ1v) is 6.21. The van der Waals surface area contributed by atoms with Gasteiger partial charge in [0.1, 0.15) is 0 Å². The molecule has 6 heteroatoms. The minimum absolute atomic E-state index is 0.175. The molecule has 0 aliphatic rings. The number of anilines is 1. The number of ether oxygens (including phenoxy) is 1. The third-order valence-electron chi connectivity index (χ3n) is 2.53. The number of methoxy groups -OCH3 is 1. The largest absolute Gasteiger partial charge is 0.380 e. The van der Waals surface area contributed by atoms with Gasteiger partial charge in [0.25, 0.3) is 0 Å². The van der Waals surface area contributed by atoms with Crippen molar-refractivity contribution >= 4 is 34.8 Å². The van der Waals surface area contributed by atoms with Crippen LogP contribution in [0.5, 0.6) is 0 Å². The van der Waals surface area contributed by atoms with E-state index in [1.807, 2.05) is 6.92 Å². The number of aryl methyl sites for hydroxylation is 1. The maximum atomic E-state index is 11.7. The fourth-order valence-electron chi connectivity index (χ4n) is 1.41. The van der Waals surface area contributed by atoms with Gasteiger partial charge in [0.15, 0.2) is 0 Å².